The number of rotatable bonds is 6. The van der Waals surface area contributed by atoms with Crippen molar-refractivity contribution in [1.29, 1.82) is 0 Å². The van der Waals surface area contributed by atoms with Gasteiger partial charge in [-0.15, -0.1) is 0 Å². The molecule has 1 aromatic rings. The highest BCUT2D eigenvalue weighted by molar-refractivity contribution is 7.98. The summed E-state index contributed by atoms with van der Waals surface area (Å²) in [6.45, 7) is 0.258. The van der Waals surface area contributed by atoms with Crippen LogP contribution in [0.4, 0.5) is 8.78 Å². The van der Waals surface area contributed by atoms with E-state index in [0.29, 0.717) is 30.4 Å². The van der Waals surface area contributed by atoms with Gasteiger partial charge in [-0.05, 0) is 25.0 Å². The van der Waals surface area contributed by atoms with Crippen molar-refractivity contribution in [2.75, 3.05) is 13.6 Å². The summed E-state index contributed by atoms with van der Waals surface area (Å²) in [4.78, 5) is 13.6. The van der Waals surface area contributed by atoms with E-state index >= 15 is 0 Å². The first-order chi connectivity index (χ1) is 9.89. The van der Waals surface area contributed by atoms with E-state index in [2.05, 4.69) is 0 Å². The average Bonchev–Trinajstić information content (AvgIpc) is 3.04. The predicted molar refractivity (Wildman–Crippen MR) is 76.4 cm³/mol. The van der Waals surface area contributed by atoms with Gasteiger partial charge in [0.1, 0.15) is 5.76 Å². The van der Waals surface area contributed by atoms with E-state index in [0.717, 1.165) is 12.8 Å². The topological polar surface area (TPSA) is 53.7 Å². The number of hydrogen-bond donors (Lipinski definition) is 1. The summed E-state index contributed by atoms with van der Waals surface area (Å²) in [5.41, 5.74) is -0.814. The summed E-state index contributed by atoms with van der Waals surface area (Å²) < 4.78 is 29.5. The molecule has 1 aromatic heterocycles. The molecule has 2 rings (SSSR count). The highest BCUT2D eigenvalue weighted by atomic mass is 32.2. The second kappa shape index (κ2) is 6.79. The zero-order chi connectivity index (χ0) is 15.5. The third kappa shape index (κ3) is 4.44. The lowest BCUT2D eigenvalue weighted by molar-refractivity contribution is 0.0146. The Morgan fingerprint density at radius 2 is 2.14 bits per heavy atom. The number of furan rings is 1. The van der Waals surface area contributed by atoms with E-state index in [1.807, 2.05) is 0 Å². The van der Waals surface area contributed by atoms with Gasteiger partial charge in [0.2, 0.25) is 0 Å². The second-order valence-electron chi connectivity index (χ2n) is 5.43. The smallest absolute Gasteiger partial charge is 0.289 e. The van der Waals surface area contributed by atoms with Gasteiger partial charge < -0.3 is 14.4 Å². The van der Waals surface area contributed by atoms with Gasteiger partial charge in [-0.1, -0.05) is 24.6 Å². The zero-order valence-corrected chi connectivity index (χ0v) is 12.7. The molecule has 1 fully saturated rings. The molecule has 0 atom stereocenters. The van der Waals surface area contributed by atoms with Crippen LogP contribution in [-0.2, 0) is 5.75 Å². The Balaban J connectivity index is 1.92. The minimum atomic E-state index is -2.46. The molecule has 1 aliphatic carbocycles. The zero-order valence-electron chi connectivity index (χ0n) is 11.8. The van der Waals surface area contributed by atoms with Gasteiger partial charge in [-0.2, -0.15) is 8.78 Å². The number of amides is 1. The van der Waals surface area contributed by atoms with Crippen molar-refractivity contribution in [1.82, 2.24) is 4.90 Å². The first-order valence-corrected chi connectivity index (χ1v) is 7.91. The third-order valence-corrected chi connectivity index (χ3v) is 4.34. The molecule has 0 aromatic carbocycles. The molecule has 0 spiro atoms. The molecule has 1 N–H and O–H groups in total. The standard InChI is InChI=1S/C14H19F2NO3S/c1-17(9-14(19)6-2-3-7-14)12(18)11-5-4-10(20-11)8-21-13(15)16/h4-5,13,19H,2-3,6-9H2,1H3. The first kappa shape index (κ1) is 16.3. The Bertz CT molecular complexity index is 486. The lowest BCUT2D eigenvalue weighted by Gasteiger charge is -2.28. The molecule has 1 heterocycles. The largest absolute Gasteiger partial charge is 0.455 e. The van der Waals surface area contributed by atoms with Crippen LogP contribution >= 0.6 is 11.8 Å². The van der Waals surface area contributed by atoms with Crippen molar-refractivity contribution in [3.05, 3.63) is 23.7 Å². The quantitative estimate of drug-likeness (QED) is 0.875. The number of thioether (sulfide) groups is 1. The molecule has 0 saturated heterocycles. The number of carbonyl (C=O) groups is 1. The van der Waals surface area contributed by atoms with Gasteiger partial charge in [-0.3, -0.25) is 4.79 Å². The summed E-state index contributed by atoms with van der Waals surface area (Å²) in [6.07, 6.45) is 3.32. The summed E-state index contributed by atoms with van der Waals surface area (Å²) in [7, 11) is 1.61. The van der Waals surface area contributed by atoms with Gasteiger partial charge in [0.15, 0.2) is 5.76 Å². The third-order valence-electron chi connectivity index (χ3n) is 3.64. The maximum Gasteiger partial charge on any atom is 0.289 e. The van der Waals surface area contributed by atoms with E-state index in [4.69, 9.17) is 4.42 Å². The van der Waals surface area contributed by atoms with Gasteiger partial charge >= 0.3 is 0 Å². The fourth-order valence-electron chi connectivity index (χ4n) is 2.61. The van der Waals surface area contributed by atoms with E-state index in [1.54, 1.807) is 7.05 Å². The van der Waals surface area contributed by atoms with Gasteiger partial charge in [0.05, 0.1) is 11.4 Å². The monoisotopic (exact) mass is 319 g/mol. The van der Waals surface area contributed by atoms with Crippen molar-refractivity contribution in [3.63, 3.8) is 0 Å². The summed E-state index contributed by atoms with van der Waals surface area (Å²) in [6, 6.07) is 3.01. The van der Waals surface area contributed by atoms with E-state index in [9.17, 15) is 18.7 Å². The minimum absolute atomic E-state index is 0.0264. The average molecular weight is 319 g/mol. The maximum absolute atomic E-state index is 12.2. The normalized spacial score (nSPS) is 17.4. The molecular formula is C14H19F2NO3S. The maximum atomic E-state index is 12.2. The van der Waals surface area contributed by atoms with Crippen LogP contribution in [0.2, 0.25) is 0 Å². The van der Waals surface area contributed by atoms with Gasteiger partial charge in [0, 0.05) is 13.6 Å². The Labute approximate surface area is 126 Å². The predicted octanol–water partition coefficient (Wildman–Crippen LogP) is 3.11. The number of alkyl halides is 2. The number of hydrogen-bond acceptors (Lipinski definition) is 4. The summed E-state index contributed by atoms with van der Waals surface area (Å²) in [5.74, 6) is -2.32. The molecule has 1 amide bonds. The number of aliphatic hydroxyl groups is 1. The highest BCUT2D eigenvalue weighted by Crippen LogP contribution is 2.30. The van der Waals surface area contributed by atoms with Crippen molar-refractivity contribution in [3.8, 4) is 0 Å². The molecule has 0 bridgehead atoms. The van der Waals surface area contributed by atoms with Crippen LogP contribution in [0.3, 0.4) is 0 Å². The SMILES string of the molecule is CN(CC1(O)CCCC1)C(=O)c1ccc(CSC(F)F)o1. The lowest BCUT2D eigenvalue weighted by atomic mass is 10.0. The lowest BCUT2D eigenvalue weighted by Crippen LogP contribution is -2.41. The molecule has 0 aliphatic heterocycles. The van der Waals surface area contributed by atoms with Crippen LogP contribution in [0.25, 0.3) is 0 Å². The molecule has 21 heavy (non-hydrogen) atoms. The highest BCUT2D eigenvalue weighted by Gasteiger charge is 2.34. The van der Waals surface area contributed by atoms with Crippen LogP contribution in [0.5, 0.6) is 0 Å². The van der Waals surface area contributed by atoms with E-state index < -0.39 is 11.4 Å². The summed E-state index contributed by atoms with van der Waals surface area (Å²) in [5, 5.41) is 10.3. The van der Waals surface area contributed by atoms with Crippen LogP contribution in [0, 0.1) is 0 Å². The van der Waals surface area contributed by atoms with Crippen LogP contribution < -0.4 is 0 Å². The number of nitrogens with zero attached hydrogens (tertiary/aromatic N) is 1. The van der Waals surface area contributed by atoms with Crippen molar-refractivity contribution < 1.29 is 23.1 Å². The fraction of sp³-hybridized carbons (Fsp3) is 0.643. The molecule has 7 heteroatoms. The fourth-order valence-corrected chi connectivity index (χ4v) is 3.05. The minimum Gasteiger partial charge on any atom is -0.455 e. The van der Waals surface area contributed by atoms with Gasteiger partial charge in [0.25, 0.3) is 11.7 Å². The Morgan fingerprint density at radius 3 is 2.76 bits per heavy atom. The molecule has 1 aliphatic rings. The number of halogens is 2. The van der Waals surface area contributed by atoms with Crippen LogP contribution in [0.15, 0.2) is 16.5 Å². The van der Waals surface area contributed by atoms with Crippen molar-refractivity contribution in [2.45, 2.75) is 42.8 Å². The first-order valence-electron chi connectivity index (χ1n) is 6.86. The van der Waals surface area contributed by atoms with Crippen molar-refractivity contribution in [2.24, 2.45) is 0 Å². The Kier molecular flexibility index (Phi) is 5.27. The van der Waals surface area contributed by atoms with E-state index in [-0.39, 0.29) is 24.0 Å². The van der Waals surface area contributed by atoms with Crippen LogP contribution in [-0.4, -0.2) is 40.9 Å². The van der Waals surface area contributed by atoms with Crippen molar-refractivity contribution >= 4 is 17.7 Å². The molecule has 4 nitrogen and oxygen atoms in total. The Morgan fingerprint density at radius 1 is 1.48 bits per heavy atom. The number of carbonyl (C=O) groups excluding carboxylic acids is 1. The molecule has 0 radical (unpaired) electrons. The molecule has 1 saturated carbocycles. The summed E-state index contributed by atoms with van der Waals surface area (Å²) >= 11 is 0.451. The van der Waals surface area contributed by atoms with E-state index in [1.165, 1.54) is 17.0 Å². The molecule has 118 valence electrons. The van der Waals surface area contributed by atoms with Gasteiger partial charge in [-0.25, -0.2) is 0 Å². The number of likely N-dealkylation sites (N-methyl/N-ethyl adjacent to an activating group) is 1. The molecule has 0 unspecified atom stereocenters. The van der Waals surface area contributed by atoms with Crippen LogP contribution in [0.1, 0.15) is 42.0 Å². The second-order valence-corrected chi connectivity index (χ2v) is 6.41. The molecular weight excluding hydrogens is 300 g/mol. The Hall–Kier alpha value is -1.08.